The summed E-state index contributed by atoms with van der Waals surface area (Å²) in [4.78, 5) is 10.8. The third-order valence-electron chi connectivity index (χ3n) is 2.33. The van der Waals surface area contributed by atoms with Crippen LogP contribution >= 0.6 is 11.6 Å². The smallest absolute Gasteiger partial charge is 0.339 e. The molecule has 0 bridgehead atoms. The van der Waals surface area contributed by atoms with Crippen molar-refractivity contribution in [3.63, 3.8) is 0 Å². The van der Waals surface area contributed by atoms with Crippen molar-refractivity contribution < 1.29 is 19.7 Å². The number of fused-ring (bicyclic) bond motifs is 1. The van der Waals surface area contributed by atoms with Crippen LogP contribution in [0.4, 0.5) is 0 Å². The first-order valence-corrected chi connectivity index (χ1v) is 4.82. The van der Waals surface area contributed by atoms with Crippen molar-refractivity contribution in [3.8, 4) is 11.5 Å². The minimum atomic E-state index is -1.20. The number of aromatic hydroxyl groups is 1. The Hall–Kier alpha value is -1.42. The SMILES string of the molecule is CC1Cc2cc(C(=O)O)c(O)c(Cl)c2O1. The number of carbonyl (C=O) groups is 1. The maximum atomic E-state index is 10.8. The molecule has 0 fully saturated rings. The predicted molar refractivity (Wildman–Crippen MR) is 53.9 cm³/mol. The number of ether oxygens (including phenoxy) is 1. The molecule has 4 nitrogen and oxygen atoms in total. The van der Waals surface area contributed by atoms with E-state index < -0.39 is 11.7 Å². The van der Waals surface area contributed by atoms with E-state index in [2.05, 4.69) is 0 Å². The van der Waals surface area contributed by atoms with Crippen LogP contribution < -0.4 is 4.74 Å². The minimum absolute atomic E-state index is 0.0192. The lowest BCUT2D eigenvalue weighted by Gasteiger charge is -2.07. The van der Waals surface area contributed by atoms with Gasteiger partial charge in [-0.3, -0.25) is 0 Å². The highest BCUT2D eigenvalue weighted by molar-refractivity contribution is 6.34. The van der Waals surface area contributed by atoms with Crippen molar-refractivity contribution in [2.75, 3.05) is 0 Å². The van der Waals surface area contributed by atoms with Crippen LogP contribution in [0.15, 0.2) is 6.07 Å². The van der Waals surface area contributed by atoms with Gasteiger partial charge in [0.25, 0.3) is 0 Å². The van der Waals surface area contributed by atoms with Crippen LogP contribution in [0.25, 0.3) is 0 Å². The minimum Gasteiger partial charge on any atom is -0.505 e. The number of carboxylic acid groups (broad SMARTS) is 1. The summed E-state index contributed by atoms with van der Waals surface area (Å²) >= 11 is 5.81. The fourth-order valence-corrected chi connectivity index (χ4v) is 1.94. The maximum Gasteiger partial charge on any atom is 0.339 e. The summed E-state index contributed by atoms with van der Waals surface area (Å²) in [5.41, 5.74) is 0.541. The van der Waals surface area contributed by atoms with Gasteiger partial charge in [0.05, 0.1) is 0 Å². The molecule has 1 aromatic carbocycles. The number of hydrogen-bond acceptors (Lipinski definition) is 3. The summed E-state index contributed by atoms with van der Waals surface area (Å²) in [6.07, 6.45) is 0.566. The summed E-state index contributed by atoms with van der Waals surface area (Å²) in [7, 11) is 0. The molecule has 1 unspecified atom stereocenters. The van der Waals surface area contributed by atoms with Gasteiger partial charge in [0.2, 0.25) is 0 Å². The number of halogens is 1. The number of rotatable bonds is 1. The summed E-state index contributed by atoms with van der Waals surface area (Å²) < 4.78 is 5.37. The lowest BCUT2D eigenvalue weighted by Crippen LogP contribution is -2.05. The van der Waals surface area contributed by atoms with E-state index in [0.717, 1.165) is 5.56 Å². The van der Waals surface area contributed by atoms with E-state index in [0.29, 0.717) is 12.2 Å². The van der Waals surface area contributed by atoms with Gasteiger partial charge in [0.15, 0.2) is 5.75 Å². The molecule has 2 N–H and O–H groups in total. The molecule has 0 amide bonds. The van der Waals surface area contributed by atoms with Crippen LogP contribution in [-0.4, -0.2) is 22.3 Å². The zero-order valence-corrected chi connectivity index (χ0v) is 8.71. The van der Waals surface area contributed by atoms with E-state index >= 15 is 0 Å². The quantitative estimate of drug-likeness (QED) is 0.772. The summed E-state index contributed by atoms with van der Waals surface area (Å²) in [5, 5.41) is 18.3. The zero-order valence-electron chi connectivity index (χ0n) is 7.95. The molecule has 2 rings (SSSR count). The summed E-state index contributed by atoms with van der Waals surface area (Å²) in [5.74, 6) is -1.24. The van der Waals surface area contributed by atoms with Gasteiger partial charge in [0, 0.05) is 12.0 Å². The van der Waals surface area contributed by atoms with Crippen LogP contribution in [-0.2, 0) is 6.42 Å². The Kier molecular flexibility index (Phi) is 2.23. The number of phenols is 1. The Morgan fingerprint density at radius 1 is 1.67 bits per heavy atom. The van der Waals surface area contributed by atoms with E-state index in [4.69, 9.17) is 21.4 Å². The highest BCUT2D eigenvalue weighted by atomic mass is 35.5. The molecule has 80 valence electrons. The Morgan fingerprint density at radius 3 is 2.93 bits per heavy atom. The Morgan fingerprint density at radius 2 is 2.33 bits per heavy atom. The molecule has 0 aromatic heterocycles. The molecule has 0 saturated heterocycles. The van der Waals surface area contributed by atoms with Crippen LogP contribution in [0.5, 0.6) is 11.5 Å². The van der Waals surface area contributed by atoms with Crippen molar-refractivity contribution >= 4 is 17.6 Å². The third-order valence-corrected chi connectivity index (χ3v) is 2.68. The standard InChI is InChI=1S/C10H9ClO4/c1-4-2-5-3-6(10(13)14)8(12)7(11)9(5)15-4/h3-4,12H,2H2,1H3,(H,13,14). The molecule has 0 spiro atoms. The molecule has 1 aromatic rings. The first kappa shape index (κ1) is 10.1. The highest BCUT2D eigenvalue weighted by Gasteiger charge is 2.27. The molecule has 0 saturated carbocycles. The number of aromatic carboxylic acids is 1. The van der Waals surface area contributed by atoms with Crippen molar-refractivity contribution in [1.82, 2.24) is 0 Å². The molecule has 15 heavy (non-hydrogen) atoms. The second-order valence-corrected chi connectivity index (χ2v) is 3.89. The second-order valence-electron chi connectivity index (χ2n) is 3.51. The normalized spacial score (nSPS) is 18.4. The summed E-state index contributed by atoms with van der Waals surface area (Å²) in [6, 6.07) is 1.41. The van der Waals surface area contributed by atoms with Crippen molar-refractivity contribution in [2.45, 2.75) is 19.4 Å². The van der Waals surface area contributed by atoms with Gasteiger partial charge in [-0.25, -0.2) is 4.79 Å². The molecule has 1 atom stereocenters. The van der Waals surface area contributed by atoms with Crippen LogP contribution in [0.1, 0.15) is 22.8 Å². The van der Waals surface area contributed by atoms with Gasteiger partial charge in [-0.1, -0.05) is 11.6 Å². The molecule has 1 heterocycles. The second kappa shape index (κ2) is 3.31. The molecule has 1 aliphatic heterocycles. The van der Waals surface area contributed by atoms with Crippen LogP contribution in [0.3, 0.4) is 0 Å². The molecule has 1 aliphatic rings. The molecule has 0 radical (unpaired) electrons. The van der Waals surface area contributed by atoms with Crippen molar-refractivity contribution in [2.24, 2.45) is 0 Å². The largest absolute Gasteiger partial charge is 0.505 e. The number of carboxylic acids is 1. The van der Waals surface area contributed by atoms with Crippen molar-refractivity contribution in [1.29, 1.82) is 0 Å². The number of benzene rings is 1. The van der Waals surface area contributed by atoms with Gasteiger partial charge in [-0.2, -0.15) is 0 Å². The van der Waals surface area contributed by atoms with E-state index in [1.54, 1.807) is 0 Å². The first-order chi connectivity index (χ1) is 7.00. The van der Waals surface area contributed by atoms with Gasteiger partial charge < -0.3 is 14.9 Å². The van der Waals surface area contributed by atoms with E-state index in [1.165, 1.54) is 6.07 Å². The predicted octanol–water partition coefficient (Wildman–Crippen LogP) is 2.07. The zero-order chi connectivity index (χ0) is 11.2. The van der Waals surface area contributed by atoms with Gasteiger partial charge in [-0.15, -0.1) is 0 Å². The Labute approximate surface area is 91.1 Å². The third kappa shape index (κ3) is 1.51. The lowest BCUT2D eigenvalue weighted by atomic mass is 10.1. The van der Waals surface area contributed by atoms with Gasteiger partial charge in [-0.05, 0) is 13.0 Å². The highest BCUT2D eigenvalue weighted by Crippen LogP contribution is 2.43. The molecule has 0 aliphatic carbocycles. The van der Waals surface area contributed by atoms with Crippen molar-refractivity contribution in [3.05, 3.63) is 22.2 Å². The Bertz CT molecular complexity index is 442. The average molecular weight is 229 g/mol. The summed E-state index contributed by atoms with van der Waals surface area (Å²) in [6.45, 7) is 1.85. The van der Waals surface area contributed by atoms with E-state index in [1.807, 2.05) is 6.92 Å². The average Bonchev–Trinajstić information content (AvgIpc) is 2.52. The van der Waals surface area contributed by atoms with Gasteiger partial charge in [0.1, 0.15) is 22.4 Å². The Balaban J connectivity index is 2.62. The molecule has 5 heteroatoms. The molecular weight excluding hydrogens is 220 g/mol. The van der Waals surface area contributed by atoms with Gasteiger partial charge >= 0.3 is 5.97 Å². The van der Waals surface area contributed by atoms with E-state index in [-0.39, 0.29) is 16.7 Å². The first-order valence-electron chi connectivity index (χ1n) is 4.45. The fraction of sp³-hybridized carbons (Fsp3) is 0.300. The van der Waals surface area contributed by atoms with Crippen LogP contribution in [0, 0.1) is 0 Å². The molecular formula is C10H9ClO4. The monoisotopic (exact) mass is 228 g/mol. The lowest BCUT2D eigenvalue weighted by molar-refractivity contribution is 0.0693. The topological polar surface area (TPSA) is 66.8 Å². The van der Waals surface area contributed by atoms with Crippen LogP contribution in [0.2, 0.25) is 5.02 Å². The fourth-order valence-electron chi connectivity index (χ4n) is 1.67. The van der Waals surface area contributed by atoms with E-state index in [9.17, 15) is 9.90 Å². The number of hydrogen-bond donors (Lipinski definition) is 2. The maximum absolute atomic E-state index is 10.8.